The first-order valence-electron chi connectivity index (χ1n) is 7.73. The lowest BCUT2D eigenvalue weighted by molar-refractivity contribution is -0.137. The van der Waals surface area contributed by atoms with Gasteiger partial charge in [-0.1, -0.05) is 0 Å². The van der Waals surface area contributed by atoms with Crippen molar-refractivity contribution in [2.75, 3.05) is 14.2 Å². The highest BCUT2D eigenvalue weighted by Crippen LogP contribution is 2.34. The molecule has 0 aliphatic rings. The van der Waals surface area contributed by atoms with E-state index in [1.165, 1.54) is 29.2 Å². The highest BCUT2D eigenvalue weighted by Gasteiger charge is 2.30. The molecule has 0 N–H and O–H groups in total. The van der Waals surface area contributed by atoms with E-state index >= 15 is 0 Å². The lowest BCUT2D eigenvalue weighted by atomic mass is 10.2. The monoisotopic (exact) mass is 412 g/mol. The molecular formula is C18H15F3N2O2S2. The Morgan fingerprint density at radius 3 is 2.48 bits per heavy atom. The van der Waals surface area contributed by atoms with Gasteiger partial charge in [0.05, 0.1) is 30.5 Å². The molecule has 0 saturated heterocycles. The number of aromatic nitrogens is 2. The third-order valence-corrected chi connectivity index (χ3v) is 5.53. The van der Waals surface area contributed by atoms with Crippen molar-refractivity contribution in [3.05, 3.63) is 53.2 Å². The lowest BCUT2D eigenvalue weighted by Crippen LogP contribution is -2.05. The van der Waals surface area contributed by atoms with Gasteiger partial charge in [0, 0.05) is 22.9 Å². The quantitative estimate of drug-likeness (QED) is 0.498. The summed E-state index contributed by atoms with van der Waals surface area (Å²) in [6, 6.07) is 7.97. The minimum atomic E-state index is -4.38. The number of halogens is 3. The van der Waals surface area contributed by atoms with Crippen molar-refractivity contribution in [3.8, 4) is 22.1 Å². The van der Waals surface area contributed by atoms with Crippen LogP contribution in [0.2, 0.25) is 0 Å². The molecular weight excluding hydrogens is 397 g/mol. The third-order valence-electron chi connectivity index (χ3n) is 3.61. The Kier molecular flexibility index (Phi) is 5.91. The normalized spacial score (nSPS) is 11.4. The van der Waals surface area contributed by atoms with Crippen LogP contribution in [-0.2, 0) is 11.9 Å². The lowest BCUT2D eigenvalue weighted by Gasteiger charge is -2.08. The minimum absolute atomic E-state index is 0.516. The number of hydrogen-bond donors (Lipinski definition) is 0. The van der Waals surface area contributed by atoms with Crippen LogP contribution in [0.5, 0.6) is 11.5 Å². The van der Waals surface area contributed by atoms with Crippen molar-refractivity contribution in [2.45, 2.75) is 17.0 Å². The average molecular weight is 412 g/mol. The molecule has 0 radical (unpaired) electrons. The number of hydrogen-bond acceptors (Lipinski definition) is 6. The fourth-order valence-electron chi connectivity index (χ4n) is 2.26. The van der Waals surface area contributed by atoms with Crippen LogP contribution in [0.15, 0.2) is 46.9 Å². The zero-order chi connectivity index (χ0) is 19.4. The summed E-state index contributed by atoms with van der Waals surface area (Å²) in [5.74, 6) is 1.78. The summed E-state index contributed by atoms with van der Waals surface area (Å²) in [5, 5.41) is 3.26. The van der Waals surface area contributed by atoms with Gasteiger partial charge in [-0.25, -0.2) is 9.97 Å². The molecule has 2 heterocycles. The summed E-state index contributed by atoms with van der Waals surface area (Å²) in [7, 11) is 3.15. The largest absolute Gasteiger partial charge is 0.493 e. The molecule has 2 aromatic heterocycles. The van der Waals surface area contributed by atoms with Crippen LogP contribution in [0.3, 0.4) is 0 Å². The fourth-order valence-corrected chi connectivity index (χ4v) is 3.91. The Labute approximate surface area is 162 Å². The zero-order valence-electron chi connectivity index (χ0n) is 14.4. The van der Waals surface area contributed by atoms with E-state index in [0.717, 1.165) is 28.5 Å². The number of rotatable bonds is 6. The van der Waals surface area contributed by atoms with Gasteiger partial charge in [0.1, 0.15) is 5.01 Å². The summed E-state index contributed by atoms with van der Waals surface area (Å²) in [4.78, 5) is 8.43. The van der Waals surface area contributed by atoms with Crippen LogP contribution in [-0.4, -0.2) is 24.2 Å². The topological polar surface area (TPSA) is 44.2 Å². The van der Waals surface area contributed by atoms with Crippen molar-refractivity contribution in [1.82, 2.24) is 9.97 Å². The van der Waals surface area contributed by atoms with E-state index in [-0.39, 0.29) is 0 Å². The summed E-state index contributed by atoms with van der Waals surface area (Å²) in [6.45, 7) is 0. The molecule has 0 spiro atoms. The second-order valence-corrected chi connectivity index (χ2v) is 7.24. The molecule has 0 bridgehead atoms. The molecule has 0 aliphatic carbocycles. The number of thiazole rings is 1. The molecule has 142 valence electrons. The van der Waals surface area contributed by atoms with Crippen molar-refractivity contribution < 1.29 is 22.6 Å². The van der Waals surface area contributed by atoms with Gasteiger partial charge in [-0.3, -0.25) is 0 Å². The SMILES string of the molecule is COc1ccc(-c2nc(CSc3ccc(C(F)(F)F)cn3)cs2)cc1OC. The highest BCUT2D eigenvalue weighted by molar-refractivity contribution is 7.98. The molecule has 9 heteroatoms. The number of benzene rings is 1. The van der Waals surface area contributed by atoms with E-state index in [0.29, 0.717) is 22.3 Å². The summed E-state index contributed by atoms with van der Waals surface area (Å²) >= 11 is 2.82. The number of nitrogens with zero attached hydrogens (tertiary/aromatic N) is 2. The Balaban J connectivity index is 1.68. The van der Waals surface area contributed by atoms with Crippen LogP contribution in [0.4, 0.5) is 13.2 Å². The molecule has 0 unspecified atom stereocenters. The summed E-state index contributed by atoms with van der Waals surface area (Å²) < 4.78 is 48.2. The summed E-state index contributed by atoms with van der Waals surface area (Å²) in [5.41, 5.74) is 0.981. The fraction of sp³-hybridized carbons (Fsp3) is 0.222. The van der Waals surface area contributed by atoms with Gasteiger partial charge in [0.25, 0.3) is 0 Å². The highest BCUT2D eigenvalue weighted by atomic mass is 32.2. The van der Waals surface area contributed by atoms with Crippen LogP contribution < -0.4 is 9.47 Å². The molecule has 0 fully saturated rings. The number of methoxy groups -OCH3 is 2. The Hall–Kier alpha value is -2.26. The van der Waals surface area contributed by atoms with Gasteiger partial charge >= 0.3 is 6.18 Å². The van der Waals surface area contributed by atoms with E-state index in [2.05, 4.69) is 9.97 Å². The molecule has 3 aromatic rings. The molecule has 1 aromatic carbocycles. The average Bonchev–Trinajstić information content (AvgIpc) is 3.14. The number of pyridine rings is 1. The number of alkyl halides is 3. The number of ether oxygens (including phenoxy) is 2. The van der Waals surface area contributed by atoms with Gasteiger partial charge in [-0.2, -0.15) is 13.2 Å². The van der Waals surface area contributed by atoms with Gasteiger partial charge in [-0.05, 0) is 30.3 Å². The van der Waals surface area contributed by atoms with Crippen LogP contribution in [0, 0.1) is 0 Å². The molecule has 0 atom stereocenters. The van der Waals surface area contributed by atoms with Crippen molar-refractivity contribution in [2.24, 2.45) is 0 Å². The first-order chi connectivity index (χ1) is 12.9. The van der Waals surface area contributed by atoms with E-state index in [1.807, 2.05) is 23.6 Å². The maximum atomic E-state index is 12.6. The first-order valence-corrected chi connectivity index (χ1v) is 9.60. The smallest absolute Gasteiger partial charge is 0.417 e. The second-order valence-electron chi connectivity index (χ2n) is 5.39. The molecule has 0 aliphatic heterocycles. The second kappa shape index (κ2) is 8.18. The first kappa shape index (κ1) is 19.5. The standard InChI is InChI=1S/C18H15F3N2O2S2/c1-24-14-5-3-11(7-15(14)25-2)17-23-13(10-27-17)9-26-16-6-4-12(8-22-16)18(19,20)21/h3-8,10H,9H2,1-2H3. The molecule has 4 nitrogen and oxygen atoms in total. The summed E-state index contributed by atoms with van der Waals surface area (Å²) in [6.07, 6.45) is -3.53. The van der Waals surface area contributed by atoms with Crippen molar-refractivity contribution in [3.63, 3.8) is 0 Å². The van der Waals surface area contributed by atoms with E-state index in [1.54, 1.807) is 14.2 Å². The molecule has 0 amide bonds. The van der Waals surface area contributed by atoms with E-state index < -0.39 is 11.7 Å². The molecule has 0 saturated carbocycles. The third kappa shape index (κ3) is 4.72. The maximum absolute atomic E-state index is 12.6. The van der Waals surface area contributed by atoms with Crippen LogP contribution >= 0.6 is 23.1 Å². The van der Waals surface area contributed by atoms with Crippen molar-refractivity contribution >= 4 is 23.1 Å². The van der Waals surface area contributed by atoms with Gasteiger partial charge in [0.2, 0.25) is 0 Å². The van der Waals surface area contributed by atoms with Crippen LogP contribution in [0.1, 0.15) is 11.3 Å². The van der Waals surface area contributed by atoms with Crippen LogP contribution in [0.25, 0.3) is 10.6 Å². The Morgan fingerprint density at radius 2 is 1.85 bits per heavy atom. The van der Waals surface area contributed by atoms with Crippen molar-refractivity contribution in [1.29, 1.82) is 0 Å². The van der Waals surface area contributed by atoms with Gasteiger partial charge in [0.15, 0.2) is 11.5 Å². The van der Waals surface area contributed by atoms with Gasteiger partial charge < -0.3 is 9.47 Å². The molecule has 3 rings (SSSR count). The predicted octanol–water partition coefficient (Wildman–Crippen LogP) is 5.53. The Bertz CT molecular complexity index is 912. The van der Waals surface area contributed by atoms with E-state index in [4.69, 9.17) is 9.47 Å². The van der Waals surface area contributed by atoms with E-state index in [9.17, 15) is 13.2 Å². The predicted molar refractivity (Wildman–Crippen MR) is 99.5 cm³/mol. The zero-order valence-corrected chi connectivity index (χ0v) is 16.0. The maximum Gasteiger partial charge on any atom is 0.417 e. The number of thioether (sulfide) groups is 1. The Morgan fingerprint density at radius 1 is 1.07 bits per heavy atom. The molecule has 27 heavy (non-hydrogen) atoms. The van der Waals surface area contributed by atoms with Gasteiger partial charge in [-0.15, -0.1) is 23.1 Å². The minimum Gasteiger partial charge on any atom is -0.493 e.